The third-order valence-corrected chi connectivity index (χ3v) is 28.9. The molecular weight excluding hydrogens is 1290 g/mol. The highest BCUT2D eigenvalue weighted by atomic mass is 28.3. The van der Waals surface area contributed by atoms with Gasteiger partial charge in [0.25, 0.3) is 0 Å². The molecule has 0 spiro atoms. The zero-order valence-corrected chi connectivity index (χ0v) is 76.4. The van der Waals surface area contributed by atoms with E-state index in [1.807, 2.05) is 0 Å². The van der Waals surface area contributed by atoms with Crippen LogP contribution in [-0.4, -0.2) is 32.3 Å². The summed E-state index contributed by atoms with van der Waals surface area (Å²) in [5.74, 6) is 1.22. The molecule has 4 aromatic carbocycles. The molecule has 0 saturated carbocycles. The van der Waals surface area contributed by atoms with Gasteiger partial charge in [0, 0.05) is 68.8 Å². The van der Waals surface area contributed by atoms with E-state index in [9.17, 15) is 0 Å². The van der Waals surface area contributed by atoms with Gasteiger partial charge in [-0.2, -0.15) is 0 Å². The van der Waals surface area contributed by atoms with Crippen LogP contribution in [0.5, 0.6) is 0 Å². The number of aryl methyl sites for hydroxylation is 9. The lowest BCUT2D eigenvalue weighted by Gasteiger charge is -2.28. The third kappa shape index (κ3) is 21.7. The zero-order chi connectivity index (χ0) is 77.4. The van der Waals surface area contributed by atoms with Gasteiger partial charge in [-0.05, 0) is 170 Å². The average Bonchev–Trinajstić information content (AvgIpc) is 0.782. The van der Waals surface area contributed by atoms with E-state index in [1.165, 1.54) is 125 Å². The van der Waals surface area contributed by atoms with E-state index in [2.05, 4.69) is 413 Å². The average molecular weight is 1430 g/mol. The molecule has 0 saturated heterocycles. The van der Waals surface area contributed by atoms with Crippen LogP contribution in [0.15, 0.2) is 122 Å². The molecule has 0 radical (unpaired) electrons. The van der Waals surface area contributed by atoms with E-state index in [0.29, 0.717) is 11.8 Å². The Hall–Kier alpha value is -5.65. The Labute approximate surface area is 625 Å². The van der Waals surface area contributed by atoms with Crippen LogP contribution in [-0.2, 0) is 55.3 Å². The van der Waals surface area contributed by atoms with Gasteiger partial charge in [0.1, 0.15) is 28.2 Å². The van der Waals surface area contributed by atoms with Crippen molar-refractivity contribution in [3.05, 3.63) is 189 Å². The smallest absolute Gasteiger partial charge is 0.201 e. The summed E-state index contributed by atoms with van der Waals surface area (Å²) in [5, 5.41) is 6.34. The second-order valence-corrected chi connectivity index (χ2v) is 60.0. The molecule has 8 aromatic rings. The molecular formula is C93H146N4Si4+4. The van der Waals surface area contributed by atoms with Gasteiger partial charge in [-0.25, -0.2) is 18.3 Å². The van der Waals surface area contributed by atoms with Crippen LogP contribution in [0, 0.1) is 34.6 Å². The van der Waals surface area contributed by atoms with Crippen molar-refractivity contribution in [2.45, 2.75) is 296 Å². The Morgan fingerprint density at radius 3 is 0.871 bits per heavy atom. The highest BCUT2D eigenvalue weighted by molar-refractivity contribution is 6.90. The molecule has 0 atom stereocenters. The van der Waals surface area contributed by atoms with Crippen molar-refractivity contribution in [3.63, 3.8) is 0 Å². The van der Waals surface area contributed by atoms with Gasteiger partial charge in [0.2, 0.25) is 22.8 Å². The Balaban J connectivity index is 0.000000243. The maximum Gasteiger partial charge on any atom is 0.212 e. The summed E-state index contributed by atoms with van der Waals surface area (Å²) in [7, 11) is 3.01. The second kappa shape index (κ2) is 32.0. The molecule has 8 rings (SSSR count). The van der Waals surface area contributed by atoms with Gasteiger partial charge in [-0.3, -0.25) is 0 Å². The predicted molar refractivity (Wildman–Crippen MR) is 459 cm³/mol. The standard InChI is InChI=1S/C25H40NSi.C24H38NSi.C23H36NSi.C21H32NSi/c1-11-19(12-2)20-14-13-18(3)21(15-20)23-16-24(27(8,9)10)22(17-26(23)7)25(4,5)6;1-17-12-13-18(23(2,3)4)14-19(17)21-15-22(26(9,10)11)20(16-25(21)8)24(5,6)7;1-16(2)18-11-12-19(17(3)13-18)21-14-22(25(8,9)10)20(15-24(21)7)23(4,5)6;1-15-10-11-17(16(2)12-15)19-13-20(23(7,8)9)18(14-22(19)6)21(3,4)5/h13-17,19H,11-12H2,1-10H3;12-16H,1-11H3;11-16H,1-10H3;10-14H,1-9H3/q4*+1. The largest absolute Gasteiger partial charge is 0.212 e. The molecule has 0 amide bonds. The first kappa shape index (κ1) is 86.0. The molecule has 0 N–H and O–H groups in total. The predicted octanol–water partition coefficient (Wildman–Crippen LogP) is 21.9. The van der Waals surface area contributed by atoms with Crippen molar-refractivity contribution in [1.29, 1.82) is 0 Å². The number of rotatable bonds is 12. The van der Waals surface area contributed by atoms with E-state index < -0.39 is 32.3 Å². The fourth-order valence-corrected chi connectivity index (χ4v) is 21.5. The summed E-state index contributed by atoms with van der Waals surface area (Å²) < 4.78 is 9.31. The molecule has 8 heteroatoms. The van der Waals surface area contributed by atoms with Crippen LogP contribution in [0.25, 0.3) is 45.0 Å². The van der Waals surface area contributed by atoms with E-state index >= 15 is 0 Å². The molecule has 550 valence electrons. The van der Waals surface area contributed by atoms with Gasteiger partial charge < -0.3 is 0 Å². The van der Waals surface area contributed by atoms with Crippen molar-refractivity contribution in [2.75, 3.05) is 0 Å². The molecule has 0 aliphatic heterocycles. The molecule has 101 heavy (non-hydrogen) atoms. The quantitative estimate of drug-likeness (QED) is 0.0856. The highest BCUT2D eigenvalue weighted by Gasteiger charge is 2.36. The first-order valence-corrected chi connectivity index (χ1v) is 52.3. The Bertz CT molecular complexity index is 4210. The van der Waals surface area contributed by atoms with Crippen molar-refractivity contribution in [1.82, 2.24) is 0 Å². The SMILES string of the molecule is CCC(CC)c1ccc(C)c(-c2cc([Si](C)(C)C)c(C(C)(C)C)c[n+]2C)c1.Cc1cc(C(C)C)ccc1-c1cc([Si](C)(C)C)c(C(C)(C)C)c[n+]1C.Cc1ccc(-c2cc([Si](C)(C)C)c(C(C)(C)C)c[n+]2C)c(C)c1.Cc1ccc(C(C)(C)C)cc1-c1cc([Si](C)(C)C)c(C(C)(C)C)c[n+]1C. The number of benzene rings is 4. The number of nitrogens with zero attached hydrogens (tertiary/aromatic N) is 4. The van der Waals surface area contributed by atoms with Crippen LogP contribution >= 0.6 is 0 Å². The van der Waals surface area contributed by atoms with Gasteiger partial charge in [0.05, 0.1) is 32.3 Å². The highest BCUT2D eigenvalue weighted by Crippen LogP contribution is 2.35. The first-order chi connectivity index (χ1) is 45.7. The lowest BCUT2D eigenvalue weighted by molar-refractivity contribution is -0.661. The fraction of sp³-hybridized carbons (Fsp3) is 0.527. The summed E-state index contributed by atoms with van der Waals surface area (Å²) in [5.41, 5.74) is 28.7. The minimum Gasteiger partial charge on any atom is -0.201 e. The minimum absolute atomic E-state index is 0.161. The van der Waals surface area contributed by atoms with Gasteiger partial charge in [-0.1, -0.05) is 264 Å². The van der Waals surface area contributed by atoms with E-state index in [4.69, 9.17) is 0 Å². The molecule has 0 aliphatic rings. The van der Waals surface area contributed by atoms with Crippen LogP contribution < -0.4 is 39.0 Å². The van der Waals surface area contributed by atoms with Crippen LogP contribution in [0.3, 0.4) is 0 Å². The lowest BCUT2D eigenvalue weighted by Crippen LogP contribution is -2.47. The molecule has 0 bridgehead atoms. The van der Waals surface area contributed by atoms with Crippen molar-refractivity contribution in [2.24, 2.45) is 28.2 Å². The lowest BCUT2D eigenvalue weighted by atomic mass is 9.84. The maximum absolute atomic E-state index is 2.51. The monoisotopic (exact) mass is 1430 g/mol. The third-order valence-electron chi connectivity index (χ3n) is 20.8. The van der Waals surface area contributed by atoms with Gasteiger partial charge >= 0.3 is 0 Å². The molecule has 4 nitrogen and oxygen atoms in total. The van der Waals surface area contributed by atoms with Crippen molar-refractivity contribution < 1.29 is 18.3 Å². The Kier molecular flexibility index (Phi) is 27.2. The number of hydrogen-bond acceptors (Lipinski definition) is 0. The zero-order valence-electron chi connectivity index (χ0n) is 72.4. The second-order valence-electron chi connectivity index (χ2n) is 39.8. The van der Waals surface area contributed by atoms with Crippen molar-refractivity contribution >= 4 is 53.0 Å². The normalized spacial score (nSPS) is 12.8. The fourth-order valence-electron chi connectivity index (χ4n) is 14.3. The van der Waals surface area contributed by atoms with Crippen molar-refractivity contribution in [3.8, 4) is 45.0 Å². The van der Waals surface area contributed by atoms with E-state index in [0.717, 1.165) is 0 Å². The molecule has 0 aliphatic carbocycles. The topological polar surface area (TPSA) is 15.5 Å². The molecule has 0 unspecified atom stereocenters. The Morgan fingerprint density at radius 1 is 0.307 bits per heavy atom. The molecule has 4 aromatic heterocycles. The van der Waals surface area contributed by atoms with Gasteiger partial charge in [-0.15, -0.1) is 0 Å². The summed E-state index contributed by atoms with van der Waals surface area (Å²) in [4.78, 5) is 0. The Morgan fingerprint density at radius 2 is 0.594 bits per heavy atom. The molecule has 4 heterocycles. The first-order valence-electron chi connectivity index (χ1n) is 38.3. The summed E-state index contributed by atoms with van der Waals surface area (Å²) in [6.07, 6.45) is 11.9. The number of aromatic nitrogens is 4. The van der Waals surface area contributed by atoms with Crippen LogP contribution in [0.1, 0.15) is 223 Å². The van der Waals surface area contributed by atoms with E-state index in [-0.39, 0.29) is 27.1 Å². The maximum atomic E-state index is 2.51. The summed E-state index contributed by atoms with van der Waals surface area (Å²) in [6, 6.07) is 37.7. The summed E-state index contributed by atoms with van der Waals surface area (Å²) in [6.45, 7) is 84.5. The minimum atomic E-state index is -1.46. The van der Waals surface area contributed by atoms with Crippen LogP contribution in [0.2, 0.25) is 78.6 Å². The number of hydrogen-bond donors (Lipinski definition) is 0. The number of pyridine rings is 4. The van der Waals surface area contributed by atoms with Gasteiger partial charge in [0.15, 0.2) is 24.8 Å². The molecule has 0 fully saturated rings. The van der Waals surface area contributed by atoms with Crippen LogP contribution in [0.4, 0.5) is 0 Å². The van der Waals surface area contributed by atoms with E-state index in [1.54, 1.807) is 20.7 Å². The summed E-state index contributed by atoms with van der Waals surface area (Å²) >= 11 is 0.